The zero-order valence-corrected chi connectivity index (χ0v) is 15.7. The fourth-order valence-electron chi connectivity index (χ4n) is 1.85. The maximum atomic E-state index is 11.8. The largest absolute Gasteiger partial charge is 0.481 e. The van der Waals surface area contributed by atoms with Crippen LogP contribution in [0.25, 0.3) is 0 Å². The molecule has 10 heteroatoms. The van der Waals surface area contributed by atoms with E-state index in [1.807, 2.05) is 0 Å². The lowest BCUT2D eigenvalue weighted by molar-refractivity contribution is -0.123. The summed E-state index contributed by atoms with van der Waals surface area (Å²) in [6.45, 7) is -0.106. The molecule has 0 aliphatic heterocycles. The fraction of sp³-hybridized carbons (Fsp3) is 0.133. The van der Waals surface area contributed by atoms with Crippen molar-refractivity contribution < 1.29 is 17.9 Å². The number of sulfonamides is 1. The highest BCUT2D eigenvalue weighted by atomic mass is 35.5. The van der Waals surface area contributed by atoms with E-state index in [9.17, 15) is 13.2 Å². The van der Waals surface area contributed by atoms with Crippen LogP contribution in [0.3, 0.4) is 0 Å². The summed E-state index contributed by atoms with van der Waals surface area (Å²) in [5, 5.41) is 8.39. The zero-order valence-electron chi connectivity index (χ0n) is 12.6. The van der Waals surface area contributed by atoms with E-state index in [2.05, 4.69) is 5.32 Å². The van der Waals surface area contributed by atoms with Crippen molar-refractivity contribution in [2.45, 2.75) is 11.4 Å². The highest BCUT2D eigenvalue weighted by molar-refractivity contribution is 7.89. The van der Waals surface area contributed by atoms with Gasteiger partial charge in [-0.25, -0.2) is 13.6 Å². The van der Waals surface area contributed by atoms with Crippen LogP contribution in [-0.2, 0) is 21.4 Å². The van der Waals surface area contributed by atoms with E-state index in [4.69, 9.17) is 44.7 Å². The average Bonchev–Trinajstić information content (AvgIpc) is 2.51. The van der Waals surface area contributed by atoms with E-state index in [0.29, 0.717) is 10.6 Å². The summed E-state index contributed by atoms with van der Waals surface area (Å²) in [4.78, 5) is 11.8. The van der Waals surface area contributed by atoms with E-state index >= 15 is 0 Å². The number of nitrogens with two attached hydrogens (primary N) is 1. The van der Waals surface area contributed by atoms with Crippen LogP contribution in [0.15, 0.2) is 41.3 Å². The Morgan fingerprint density at radius 2 is 1.64 bits per heavy atom. The molecule has 0 aromatic heterocycles. The quantitative estimate of drug-likeness (QED) is 0.746. The van der Waals surface area contributed by atoms with Gasteiger partial charge in [0.05, 0.1) is 14.9 Å². The molecule has 6 nitrogen and oxygen atoms in total. The molecule has 1 amide bonds. The Morgan fingerprint density at radius 3 is 2.16 bits per heavy atom. The molecule has 134 valence electrons. The molecule has 2 aromatic carbocycles. The van der Waals surface area contributed by atoms with E-state index < -0.39 is 15.9 Å². The van der Waals surface area contributed by atoms with Crippen LogP contribution in [0.5, 0.6) is 5.75 Å². The highest BCUT2D eigenvalue weighted by Gasteiger charge is 2.12. The minimum atomic E-state index is -3.74. The average molecular weight is 424 g/mol. The minimum Gasteiger partial charge on any atom is -0.481 e. The van der Waals surface area contributed by atoms with Gasteiger partial charge in [-0.2, -0.15) is 0 Å². The van der Waals surface area contributed by atoms with Crippen LogP contribution < -0.4 is 15.2 Å². The van der Waals surface area contributed by atoms with Crippen molar-refractivity contribution >= 4 is 50.7 Å². The van der Waals surface area contributed by atoms with Crippen molar-refractivity contribution in [1.29, 1.82) is 0 Å². The predicted molar refractivity (Wildman–Crippen MR) is 96.6 cm³/mol. The summed E-state index contributed by atoms with van der Waals surface area (Å²) in [7, 11) is -3.74. The van der Waals surface area contributed by atoms with Crippen LogP contribution in [0, 0.1) is 0 Å². The second-order valence-corrected chi connectivity index (χ2v) is 7.77. The number of ether oxygens (including phenoxy) is 1. The first kappa shape index (κ1) is 19.8. The molecule has 0 aliphatic carbocycles. The number of rotatable bonds is 6. The maximum absolute atomic E-state index is 11.8. The standard InChI is InChI=1S/C15H13Cl3N2O4S/c16-10-5-12(17)15(13(18)6-10)24-8-14(21)20-7-9-1-3-11(4-2-9)25(19,22)23/h1-6H,7-8H2,(H,20,21)(H2,19,22,23). The molecule has 0 atom stereocenters. The molecule has 0 spiro atoms. The van der Waals surface area contributed by atoms with Crippen molar-refractivity contribution in [3.05, 3.63) is 57.0 Å². The number of benzene rings is 2. The van der Waals surface area contributed by atoms with Gasteiger partial charge in [0.1, 0.15) is 0 Å². The third kappa shape index (κ3) is 5.76. The maximum Gasteiger partial charge on any atom is 0.258 e. The van der Waals surface area contributed by atoms with E-state index in [0.717, 1.165) is 0 Å². The molecule has 0 fully saturated rings. The van der Waals surface area contributed by atoms with Gasteiger partial charge < -0.3 is 10.1 Å². The number of carbonyl (C=O) groups is 1. The topological polar surface area (TPSA) is 98.5 Å². The van der Waals surface area contributed by atoms with Gasteiger partial charge in [0.15, 0.2) is 12.4 Å². The number of hydrogen-bond donors (Lipinski definition) is 2. The first-order valence-corrected chi connectivity index (χ1v) is 9.50. The smallest absolute Gasteiger partial charge is 0.258 e. The Bertz CT molecular complexity index is 863. The summed E-state index contributed by atoms with van der Waals surface area (Å²) in [5.41, 5.74) is 0.698. The lowest BCUT2D eigenvalue weighted by Crippen LogP contribution is -2.28. The number of primary sulfonamides is 1. The Labute approximate surface area is 159 Å². The minimum absolute atomic E-state index is 0.00191. The summed E-state index contributed by atoms with van der Waals surface area (Å²) in [6, 6.07) is 8.73. The Kier molecular flexibility index (Phi) is 6.53. The van der Waals surface area contributed by atoms with Crippen molar-refractivity contribution in [3.63, 3.8) is 0 Å². The highest BCUT2D eigenvalue weighted by Crippen LogP contribution is 2.35. The molecule has 0 radical (unpaired) electrons. The summed E-state index contributed by atoms with van der Waals surface area (Å²) in [6.07, 6.45) is 0. The van der Waals surface area contributed by atoms with Gasteiger partial charge in [-0.15, -0.1) is 0 Å². The van der Waals surface area contributed by atoms with Gasteiger partial charge >= 0.3 is 0 Å². The number of halogens is 3. The van der Waals surface area contributed by atoms with Crippen LogP contribution >= 0.6 is 34.8 Å². The molecule has 2 aromatic rings. The first-order chi connectivity index (χ1) is 11.7. The fourth-order valence-corrected chi connectivity index (χ4v) is 3.29. The zero-order chi connectivity index (χ0) is 18.6. The van der Waals surface area contributed by atoms with Crippen LogP contribution in [0.4, 0.5) is 0 Å². The molecule has 0 saturated carbocycles. The second-order valence-electron chi connectivity index (χ2n) is 4.95. The molecule has 0 saturated heterocycles. The summed E-state index contributed by atoms with van der Waals surface area (Å²) in [5.74, 6) is -0.238. The number of nitrogens with one attached hydrogen (secondary N) is 1. The number of hydrogen-bond acceptors (Lipinski definition) is 4. The normalized spacial score (nSPS) is 11.2. The molecule has 0 unspecified atom stereocenters. The molecule has 0 bridgehead atoms. The Hall–Kier alpha value is -1.51. The van der Waals surface area contributed by atoms with Crippen molar-refractivity contribution in [2.24, 2.45) is 5.14 Å². The summed E-state index contributed by atoms with van der Waals surface area (Å²) < 4.78 is 27.6. The number of amides is 1. The SMILES string of the molecule is NS(=O)(=O)c1ccc(CNC(=O)COc2c(Cl)cc(Cl)cc2Cl)cc1. The monoisotopic (exact) mass is 422 g/mol. The first-order valence-electron chi connectivity index (χ1n) is 6.82. The molecule has 2 rings (SSSR count). The van der Waals surface area contributed by atoms with E-state index in [1.165, 1.54) is 24.3 Å². The third-order valence-corrected chi connectivity index (χ3v) is 4.76. The van der Waals surface area contributed by atoms with Crippen molar-refractivity contribution in [3.8, 4) is 5.75 Å². The molecule has 25 heavy (non-hydrogen) atoms. The molecule has 3 N–H and O–H groups in total. The third-order valence-electron chi connectivity index (χ3n) is 3.05. The van der Waals surface area contributed by atoms with Crippen LogP contribution in [-0.4, -0.2) is 20.9 Å². The molecule has 0 heterocycles. The van der Waals surface area contributed by atoms with Gasteiger partial charge in [0, 0.05) is 11.6 Å². The molecular weight excluding hydrogens is 411 g/mol. The van der Waals surface area contributed by atoms with Crippen LogP contribution in [0.1, 0.15) is 5.56 Å². The van der Waals surface area contributed by atoms with Gasteiger partial charge in [0.2, 0.25) is 10.0 Å². The van der Waals surface area contributed by atoms with Crippen molar-refractivity contribution in [1.82, 2.24) is 5.32 Å². The number of carbonyl (C=O) groups excluding carboxylic acids is 1. The molecule has 0 aliphatic rings. The van der Waals surface area contributed by atoms with E-state index in [1.54, 1.807) is 12.1 Å². The van der Waals surface area contributed by atoms with Gasteiger partial charge in [-0.1, -0.05) is 46.9 Å². The Morgan fingerprint density at radius 1 is 1.08 bits per heavy atom. The van der Waals surface area contributed by atoms with E-state index in [-0.39, 0.29) is 33.8 Å². The lowest BCUT2D eigenvalue weighted by atomic mass is 10.2. The van der Waals surface area contributed by atoms with Gasteiger partial charge in [0.25, 0.3) is 5.91 Å². The Balaban J connectivity index is 1.89. The summed E-state index contributed by atoms with van der Waals surface area (Å²) >= 11 is 17.7. The second kappa shape index (κ2) is 8.25. The predicted octanol–water partition coefficient (Wildman–Crippen LogP) is 2.99. The van der Waals surface area contributed by atoms with Gasteiger partial charge in [-0.3, -0.25) is 4.79 Å². The molecular formula is C15H13Cl3N2O4S. The van der Waals surface area contributed by atoms with Crippen molar-refractivity contribution in [2.75, 3.05) is 6.61 Å². The van der Waals surface area contributed by atoms with Crippen LogP contribution in [0.2, 0.25) is 15.1 Å². The lowest BCUT2D eigenvalue weighted by Gasteiger charge is -2.11. The van der Waals surface area contributed by atoms with Gasteiger partial charge in [-0.05, 0) is 29.8 Å².